The van der Waals surface area contributed by atoms with Gasteiger partial charge in [-0.3, -0.25) is 4.79 Å². The van der Waals surface area contributed by atoms with Gasteiger partial charge in [-0.25, -0.2) is 13.4 Å². The largest absolute Gasteiger partial charge is 0.350 e. The second kappa shape index (κ2) is 7.97. The van der Waals surface area contributed by atoms with Crippen LogP contribution in [0, 0.1) is 0 Å². The molecule has 0 aliphatic carbocycles. The number of aromatic amines is 1. The van der Waals surface area contributed by atoms with Crippen molar-refractivity contribution in [3.63, 3.8) is 0 Å². The van der Waals surface area contributed by atoms with Gasteiger partial charge in [0, 0.05) is 42.1 Å². The Morgan fingerprint density at radius 1 is 1.20 bits per heavy atom. The fourth-order valence-electron chi connectivity index (χ4n) is 3.28. The topological polar surface area (TPSA) is 96.8 Å². The van der Waals surface area contributed by atoms with Crippen LogP contribution in [0.15, 0.2) is 70.8 Å². The zero-order chi connectivity index (χ0) is 21.3. The zero-order valence-corrected chi connectivity index (χ0v) is 17.7. The standard InChI is InChI=1S/C21H19ClN4O3S/c1-26-12-15(24-13-26)9-10-23-21(27)19-20(17-11-14(22)7-8-18(17)25-19)30(28,29)16-5-3-2-4-6-16/h2-8,11-13,25H,9-10H2,1H3,(H,23,27). The first-order valence-electron chi connectivity index (χ1n) is 9.22. The van der Waals surface area contributed by atoms with Gasteiger partial charge in [0.25, 0.3) is 5.91 Å². The van der Waals surface area contributed by atoms with Gasteiger partial charge in [0.15, 0.2) is 0 Å². The molecule has 2 aromatic carbocycles. The Morgan fingerprint density at radius 3 is 2.67 bits per heavy atom. The van der Waals surface area contributed by atoms with E-state index in [0.717, 1.165) is 5.69 Å². The highest BCUT2D eigenvalue weighted by molar-refractivity contribution is 7.91. The minimum atomic E-state index is -3.95. The number of hydrogen-bond donors (Lipinski definition) is 2. The van der Waals surface area contributed by atoms with Crippen molar-refractivity contribution in [1.82, 2.24) is 19.9 Å². The summed E-state index contributed by atoms with van der Waals surface area (Å²) >= 11 is 6.11. The van der Waals surface area contributed by atoms with E-state index < -0.39 is 15.7 Å². The van der Waals surface area contributed by atoms with Gasteiger partial charge >= 0.3 is 0 Å². The van der Waals surface area contributed by atoms with Crippen LogP contribution < -0.4 is 5.32 Å². The van der Waals surface area contributed by atoms with Gasteiger partial charge in [0.1, 0.15) is 10.6 Å². The van der Waals surface area contributed by atoms with Crippen LogP contribution in [-0.2, 0) is 23.3 Å². The maximum absolute atomic E-state index is 13.4. The van der Waals surface area contributed by atoms with E-state index >= 15 is 0 Å². The molecule has 0 radical (unpaired) electrons. The van der Waals surface area contributed by atoms with Crippen molar-refractivity contribution in [1.29, 1.82) is 0 Å². The molecule has 4 aromatic rings. The average molecular weight is 443 g/mol. The first kappa shape index (κ1) is 20.2. The zero-order valence-electron chi connectivity index (χ0n) is 16.1. The summed E-state index contributed by atoms with van der Waals surface area (Å²) in [6, 6.07) is 12.9. The SMILES string of the molecule is Cn1cnc(CCNC(=O)c2[nH]c3ccc(Cl)cc3c2S(=O)(=O)c2ccccc2)c1. The number of carbonyl (C=O) groups excluding carboxylic acids is 1. The molecule has 1 amide bonds. The molecule has 0 saturated carbocycles. The summed E-state index contributed by atoms with van der Waals surface area (Å²) in [7, 11) is -2.09. The van der Waals surface area contributed by atoms with Gasteiger partial charge in [-0.15, -0.1) is 0 Å². The predicted molar refractivity (Wildman–Crippen MR) is 114 cm³/mol. The number of aromatic nitrogens is 3. The number of carbonyl (C=O) groups is 1. The smallest absolute Gasteiger partial charge is 0.269 e. The molecule has 2 N–H and O–H groups in total. The highest BCUT2D eigenvalue weighted by Crippen LogP contribution is 2.33. The lowest BCUT2D eigenvalue weighted by molar-refractivity contribution is 0.0946. The summed E-state index contributed by atoms with van der Waals surface area (Å²) in [5.74, 6) is -0.507. The molecule has 30 heavy (non-hydrogen) atoms. The van der Waals surface area contributed by atoms with Crippen molar-refractivity contribution < 1.29 is 13.2 Å². The third kappa shape index (κ3) is 3.83. The third-order valence-electron chi connectivity index (χ3n) is 4.69. The van der Waals surface area contributed by atoms with Crippen molar-refractivity contribution in [2.75, 3.05) is 6.54 Å². The highest BCUT2D eigenvalue weighted by atomic mass is 35.5. The molecule has 0 bridgehead atoms. The van der Waals surface area contributed by atoms with Crippen LogP contribution in [0.5, 0.6) is 0 Å². The van der Waals surface area contributed by atoms with Crippen LogP contribution in [0.2, 0.25) is 5.02 Å². The minimum Gasteiger partial charge on any atom is -0.350 e. The lowest BCUT2D eigenvalue weighted by Crippen LogP contribution is -2.27. The Morgan fingerprint density at radius 2 is 1.97 bits per heavy atom. The van der Waals surface area contributed by atoms with Gasteiger partial charge in [-0.1, -0.05) is 29.8 Å². The number of benzene rings is 2. The normalized spacial score (nSPS) is 11.7. The van der Waals surface area contributed by atoms with Crippen molar-refractivity contribution in [2.24, 2.45) is 7.05 Å². The molecule has 0 saturated heterocycles. The number of nitrogens with zero attached hydrogens (tertiary/aromatic N) is 2. The summed E-state index contributed by atoms with van der Waals surface area (Å²) in [5, 5.41) is 3.54. The molecular formula is C21H19ClN4O3S. The van der Waals surface area contributed by atoms with Crippen LogP contribution in [0.1, 0.15) is 16.2 Å². The predicted octanol–water partition coefficient (Wildman–Crippen LogP) is 3.36. The first-order valence-corrected chi connectivity index (χ1v) is 11.1. The Labute approximate surface area is 178 Å². The molecule has 0 aliphatic heterocycles. The van der Waals surface area contributed by atoms with Gasteiger partial charge < -0.3 is 14.9 Å². The number of rotatable bonds is 6. The number of halogens is 1. The molecule has 7 nitrogen and oxygen atoms in total. The van der Waals surface area contributed by atoms with Gasteiger partial charge in [0.2, 0.25) is 9.84 Å². The molecule has 4 rings (SSSR count). The van der Waals surface area contributed by atoms with Crippen LogP contribution in [-0.4, -0.2) is 35.4 Å². The van der Waals surface area contributed by atoms with Crippen LogP contribution in [0.25, 0.3) is 10.9 Å². The number of nitrogens with one attached hydrogen (secondary N) is 2. The summed E-state index contributed by atoms with van der Waals surface area (Å²) in [4.78, 5) is 20.1. The lowest BCUT2D eigenvalue weighted by Gasteiger charge is -2.08. The molecule has 0 aliphatic rings. The highest BCUT2D eigenvalue weighted by Gasteiger charge is 2.29. The fraction of sp³-hybridized carbons (Fsp3) is 0.143. The Kier molecular flexibility index (Phi) is 5.36. The van der Waals surface area contributed by atoms with Crippen LogP contribution >= 0.6 is 11.6 Å². The van der Waals surface area contributed by atoms with Crippen molar-refractivity contribution in [2.45, 2.75) is 16.2 Å². The van der Waals surface area contributed by atoms with Crippen molar-refractivity contribution >= 4 is 38.2 Å². The van der Waals surface area contributed by atoms with Crippen molar-refractivity contribution in [3.8, 4) is 0 Å². The number of amides is 1. The number of H-pyrrole nitrogens is 1. The number of hydrogen-bond acceptors (Lipinski definition) is 4. The number of imidazole rings is 1. The molecule has 2 heterocycles. The Hall–Kier alpha value is -3.10. The van der Waals surface area contributed by atoms with E-state index in [1.165, 1.54) is 12.1 Å². The summed E-state index contributed by atoms with van der Waals surface area (Å²) in [6.07, 6.45) is 4.07. The average Bonchev–Trinajstić information content (AvgIpc) is 3.32. The minimum absolute atomic E-state index is 0.0165. The second-order valence-corrected chi connectivity index (χ2v) is 9.19. The van der Waals surface area contributed by atoms with E-state index in [9.17, 15) is 13.2 Å². The van der Waals surface area contributed by atoms with E-state index in [2.05, 4.69) is 15.3 Å². The van der Waals surface area contributed by atoms with Gasteiger partial charge in [-0.05, 0) is 30.3 Å². The quantitative estimate of drug-likeness (QED) is 0.478. The monoisotopic (exact) mass is 442 g/mol. The Balaban J connectivity index is 1.72. The van der Waals surface area contributed by atoms with Crippen molar-refractivity contribution in [3.05, 3.63) is 77.5 Å². The summed E-state index contributed by atoms with van der Waals surface area (Å²) < 4.78 is 28.6. The van der Waals surface area contributed by atoms with E-state index in [-0.39, 0.29) is 15.5 Å². The second-order valence-electron chi connectivity index (χ2n) is 6.87. The van der Waals surface area contributed by atoms with Crippen LogP contribution in [0.3, 0.4) is 0 Å². The maximum Gasteiger partial charge on any atom is 0.269 e. The van der Waals surface area contributed by atoms with E-state index in [0.29, 0.717) is 28.9 Å². The number of aryl methyl sites for hydroxylation is 1. The van der Waals surface area contributed by atoms with Gasteiger partial charge in [-0.2, -0.15) is 0 Å². The molecule has 0 atom stereocenters. The van der Waals surface area contributed by atoms with E-state index in [4.69, 9.17) is 11.6 Å². The molecular weight excluding hydrogens is 424 g/mol. The molecule has 0 fully saturated rings. The first-order chi connectivity index (χ1) is 14.4. The maximum atomic E-state index is 13.4. The molecule has 9 heteroatoms. The van der Waals surface area contributed by atoms with Gasteiger partial charge in [0.05, 0.1) is 16.9 Å². The molecule has 154 valence electrons. The van der Waals surface area contributed by atoms with E-state index in [1.807, 2.05) is 17.8 Å². The Bertz CT molecular complexity index is 1330. The number of sulfone groups is 1. The fourth-order valence-corrected chi connectivity index (χ4v) is 5.08. The molecule has 0 unspecified atom stereocenters. The third-order valence-corrected chi connectivity index (χ3v) is 6.78. The lowest BCUT2D eigenvalue weighted by atomic mass is 10.2. The number of fused-ring (bicyclic) bond motifs is 1. The van der Waals surface area contributed by atoms with Crippen LogP contribution in [0.4, 0.5) is 0 Å². The summed E-state index contributed by atoms with van der Waals surface area (Å²) in [5.41, 5.74) is 1.33. The molecule has 2 aromatic heterocycles. The molecule has 0 spiro atoms. The summed E-state index contributed by atoms with van der Waals surface area (Å²) in [6.45, 7) is 0.316. The van der Waals surface area contributed by atoms with E-state index in [1.54, 1.807) is 42.7 Å².